The van der Waals surface area contributed by atoms with Crippen LogP contribution in [0.4, 0.5) is 17.1 Å². The monoisotopic (exact) mass is 668 g/mol. The number of rotatable bonds is 6. The van der Waals surface area contributed by atoms with Crippen LogP contribution in [0.3, 0.4) is 0 Å². The molecule has 3 heteroatoms. The van der Waals surface area contributed by atoms with Crippen LogP contribution in [-0.2, 0) is 0 Å². The molecule has 0 bridgehead atoms. The minimum absolute atomic E-state index is 1.14. The van der Waals surface area contributed by atoms with Gasteiger partial charge in [0.2, 0.25) is 0 Å². The van der Waals surface area contributed by atoms with E-state index in [1.807, 2.05) is 11.3 Å². The highest BCUT2D eigenvalue weighted by molar-refractivity contribution is 7.26. The summed E-state index contributed by atoms with van der Waals surface area (Å²) < 4.78 is 4.97. The van der Waals surface area contributed by atoms with Crippen LogP contribution in [-0.4, -0.2) is 4.57 Å². The summed E-state index contributed by atoms with van der Waals surface area (Å²) in [6.07, 6.45) is 0. The van der Waals surface area contributed by atoms with Crippen molar-refractivity contribution in [3.8, 4) is 27.9 Å². The topological polar surface area (TPSA) is 8.17 Å². The van der Waals surface area contributed by atoms with Crippen molar-refractivity contribution in [1.29, 1.82) is 0 Å². The van der Waals surface area contributed by atoms with E-state index in [2.05, 4.69) is 204 Å². The Labute approximate surface area is 300 Å². The van der Waals surface area contributed by atoms with Crippen LogP contribution >= 0.6 is 11.3 Å². The zero-order valence-corrected chi connectivity index (χ0v) is 28.6. The van der Waals surface area contributed by atoms with Gasteiger partial charge in [0, 0.05) is 37.5 Å². The number of hydrogen-bond donors (Lipinski definition) is 0. The van der Waals surface area contributed by atoms with E-state index < -0.39 is 0 Å². The Morgan fingerprint density at radius 3 is 1.80 bits per heavy atom. The molecule has 0 aliphatic heterocycles. The van der Waals surface area contributed by atoms with Crippen LogP contribution < -0.4 is 4.90 Å². The lowest BCUT2D eigenvalue weighted by molar-refractivity contribution is 1.18. The third kappa shape index (κ3) is 4.85. The smallest absolute Gasteiger partial charge is 0.0640 e. The molecule has 10 rings (SSSR count). The van der Waals surface area contributed by atoms with Crippen LogP contribution in [0.5, 0.6) is 0 Å². The molecule has 0 aliphatic carbocycles. The Kier molecular flexibility index (Phi) is 7.04. The van der Waals surface area contributed by atoms with Crippen molar-refractivity contribution in [1.82, 2.24) is 4.57 Å². The molecular weight excluding hydrogens is 637 g/mol. The summed E-state index contributed by atoms with van der Waals surface area (Å²) in [4.78, 5) is 2.54. The van der Waals surface area contributed by atoms with Crippen molar-refractivity contribution in [2.75, 3.05) is 4.90 Å². The van der Waals surface area contributed by atoms with Crippen molar-refractivity contribution >= 4 is 70.4 Å². The van der Waals surface area contributed by atoms with E-state index in [1.54, 1.807) is 0 Å². The molecule has 0 fully saturated rings. The fourth-order valence-corrected chi connectivity index (χ4v) is 8.93. The largest absolute Gasteiger partial charge is 0.309 e. The molecule has 2 aromatic heterocycles. The Hall–Kier alpha value is -6.42. The van der Waals surface area contributed by atoms with Crippen molar-refractivity contribution in [3.05, 3.63) is 194 Å². The Morgan fingerprint density at radius 1 is 0.392 bits per heavy atom. The Morgan fingerprint density at radius 2 is 1.00 bits per heavy atom. The molecule has 0 N–H and O–H groups in total. The maximum atomic E-state index is 2.54. The lowest BCUT2D eigenvalue weighted by atomic mass is 9.96. The van der Waals surface area contributed by atoms with Gasteiger partial charge in [-0.2, -0.15) is 0 Å². The molecule has 2 nitrogen and oxygen atoms in total. The first kappa shape index (κ1) is 29.5. The number of thiophene rings is 1. The number of hydrogen-bond acceptors (Lipinski definition) is 2. The van der Waals surface area contributed by atoms with E-state index in [9.17, 15) is 0 Å². The minimum atomic E-state index is 1.14. The summed E-state index contributed by atoms with van der Waals surface area (Å²) in [6, 6.07) is 70.4. The van der Waals surface area contributed by atoms with Gasteiger partial charge < -0.3 is 9.47 Å². The second kappa shape index (κ2) is 12.2. The van der Waals surface area contributed by atoms with Gasteiger partial charge in [-0.25, -0.2) is 0 Å². The second-order valence-corrected chi connectivity index (χ2v) is 14.0. The molecule has 240 valence electrons. The number of benzene rings is 8. The zero-order chi connectivity index (χ0) is 33.7. The number of para-hydroxylation sites is 2. The lowest BCUT2D eigenvalue weighted by Crippen LogP contribution is -2.12. The molecule has 0 spiro atoms. The van der Waals surface area contributed by atoms with Crippen molar-refractivity contribution in [2.24, 2.45) is 0 Å². The van der Waals surface area contributed by atoms with Gasteiger partial charge in [-0.3, -0.25) is 0 Å². The van der Waals surface area contributed by atoms with Crippen LogP contribution in [0.2, 0.25) is 0 Å². The molecule has 10 aromatic rings. The Balaban J connectivity index is 1.36. The fraction of sp³-hybridized carbons (Fsp3) is 0. The predicted octanol–water partition coefficient (Wildman–Crippen LogP) is 14.0. The van der Waals surface area contributed by atoms with E-state index in [4.69, 9.17) is 0 Å². The van der Waals surface area contributed by atoms with Crippen molar-refractivity contribution in [2.45, 2.75) is 0 Å². The molecule has 0 amide bonds. The average Bonchev–Trinajstić information content (AvgIpc) is 3.76. The lowest BCUT2D eigenvalue weighted by Gasteiger charge is -2.30. The van der Waals surface area contributed by atoms with E-state index in [0.717, 1.165) is 17.1 Å². The van der Waals surface area contributed by atoms with Gasteiger partial charge in [0.25, 0.3) is 0 Å². The first-order chi connectivity index (χ1) is 25.3. The van der Waals surface area contributed by atoms with Gasteiger partial charge in [-0.15, -0.1) is 11.3 Å². The molecule has 0 saturated heterocycles. The molecule has 0 aliphatic rings. The molecule has 0 radical (unpaired) electrons. The van der Waals surface area contributed by atoms with Crippen LogP contribution in [0.15, 0.2) is 194 Å². The van der Waals surface area contributed by atoms with Gasteiger partial charge in [0.1, 0.15) is 0 Å². The van der Waals surface area contributed by atoms with Crippen LogP contribution in [0.25, 0.3) is 69.9 Å². The highest BCUT2D eigenvalue weighted by Crippen LogP contribution is 2.51. The molecule has 2 heterocycles. The normalized spacial score (nSPS) is 11.5. The molecule has 0 unspecified atom stereocenters. The maximum Gasteiger partial charge on any atom is 0.0640 e. The summed E-state index contributed by atoms with van der Waals surface area (Å²) in [5.74, 6) is 0. The van der Waals surface area contributed by atoms with Gasteiger partial charge in [0.15, 0.2) is 0 Å². The van der Waals surface area contributed by atoms with Gasteiger partial charge in [-0.1, -0.05) is 146 Å². The predicted molar refractivity (Wildman–Crippen MR) is 219 cm³/mol. The first-order valence-corrected chi connectivity index (χ1v) is 18.2. The van der Waals surface area contributed by atoms with Crippen molar-refractivity contribution < 1.29 is 0 Å². The quantitative estimate of drug-likeness (QED) is 0.171. The summed E-state index contributed by atoms with van der Waals surface area (Å²) in [5.41, 5.74) is 11.7. The summed E-state index contributed by atoms with van der Waals surface area (Å²) in [7, 11) is 0. The van der Waals surface area contributed by atoms with Crippen molar-refractivity contribution in [3.63, 3.8) is 0 Å². The SMILES string of the molecule is c1ccc(-c2ccc(-c3ccccc3)c(N(c3cccc4c3sc3ccccc34)c3cccc4c3c3ccccc3n4-c3ccccc3)c2)cc1. The summed E-state index contributed by atoms with van der Waals surface area (Å²) in [6.45, 7) is 0. The molecule has 51 heavy (non-hydrogen) atoms. The molecule has 0 saturated carbocycles. The Bertz CT molecular complexity index is 2850. The zero-order valence-electron chi connectivity index (χ0n) is 27.8. The van der Waals surface area contributed by atoms with Crippen LogP contribution in [0, 0.1) is 0 Å². The number of fused-ring (bicyclic) bond motifs is 6. The van der Waals surface area contributed by atoms with E-state index in [0.29, 0.717) is 0 Å². The third-order valence-corrected chi connectivity index (χ3v) is 11.2. The molecule has 8 aromatic carbocycles. The number of aromatic nitrogens is 1. The summed E-state index contributed by atoms with van der Waals surface area (Å²) in [5, 5.41) is 5.01. The third-order valence-electron chi connectivity index (χ3n) is 9.99. The van der Waals surface area contributed by atoms with Gasteiger partial charge in [0.05, 0.1) is 32.8 Å². The minimum Gasteiger partial charge on any atom is -0.309 e. The van der Waals surface area contributed by atoms with E-state index in [1.165, 1.54) is 69.9 Å². The average molecular weight is 669 g/mol. The van der Waals surface area contributed by atoms with E-state index in [-0.39, 0.29) is 0 Å². The standard InChI is InChI=1S/C48H32N2S/c1-4-16-33(17-5-1)35-30-31-37(34-18-6-2-7-19-34)45(32-35)50(44-28-14-24-39-38-22-11-13-29-46(38)51-48(39)44)43-27-15-26-42-47(43)40-23-10-12-25-41(40)49(42)36-20-8-3-9-21-36/h1-32H. The highest BCUT2D eigenvalue weighted by Gasteiger charge is 2.25. The number of nitrogens with zero attached hydrogens (tertiary/aromatic N) is 2. The van der Waals surface area contributed by atoms with Gasteiger partial charge >= 0.3 is 0 Å². The highest BCUT2D eigenvalue weighted by atomic mass is 32.1. The van der Waals surface area contributed by atoms with Crippen LogP contribution in [0.1, 0.15) is 0 Å². The second-order valence-electron chi connectivity index (χ2n) is 12.9. The maximum absolute atomic E-state index is 2.54. The molecule has 0 atom stereocenters. The van der Waals surface area contributed by atoms with E-state index >= 15 is 0 Å². The number of anilines is 3. The first-order valence-electron chi connectivity index (χ1n) is 17.4. The fourth-order valence-electron chi connectivity index (χ4n) is 7.73. The molecular formula is C48H32N2S. The van der Waals surface area contributed by atoms with Gasteiger partial charge in [-0.05, 0) is 65.2 Å². The summed E-state index contributed by atoms with van der Waals surface area (Å²) >= 11 is 1.87.